The second kappa shape index (κ2) is 9.06. The van der Waals surface area contributed by atoms with Gasteiger partial charge in [-0.15, -0.1) is 10.2 Å². The minimum absolute atomic E-state index is 0.0561. The third-order valence-electron chi connectivity index (χ3n) is 4.14. The van der Waals surface area contributed by atoms with Crippen molar-refractivity contribution in [2.24, 2.45) is 0 Å². The lowest BCUT2D eigenvalue weighted by atomic mass is 10.1. The summed E-state index contributed by atoms with van der Waals surface area (Å²) in [5.74, 6) is 1.05. The van der Waals surface area contributed by atoms with Crippen molar-refractivity contribution >= 4 is 29.3 Å². The zero-order valence-electron chi connectivity index (χ0n) is 15.2. The molecule has 0 unspecified atom stereocenters. The Hall–Kier alpha value is -2.31. The van der Waals surface area contributed by atoms with Gasteiger partial charge in [0.1, 0.15) is 5.82 Å². The molecule has 0 radical (unpaired) electrons. The molecule has 0 aliphatic rings. The molecule has 2 aromatic carbocycles. The fourth-order valence-electron chi connectivity index (χ4n) is 2.69. The topological polar surface area (TPSA) is 59.8 Å². The molecule has 0 aliphatic heterocycles. The summed E-state index contributed by atoms with van der Waals surface area (Å²) in [6, 6.07) is 17.5. The first-order chi connectivity index (χ1) is 13.0. The first-order valence-electron chi connectivity index (χ1n) is 8.64. The van der Waals surface area contributed by atoms with Crippen LogP contribution in [-0.4, -0.2) is 26.4 Å². The second-order valence-corrected chi connectivity index (χ2v) is 7.61. The number of amides is 1. The summed E-state index contributed by atoms with van der Waals surface area (Å²) in [6.07, 6.45) is 0. The van der Waals surface area contributed by atoms with E-state index >= 15 is 0 Å². The highest BCUT2D eigenvalue weighted by atomic mass is 35.5. The fourth-order valence-corrected chi connectivity index (χ4v) is 3.68. The minimum Gasteiger partial charge on any atom is -0.349 e. The summed E-state index contributed by atoms with van der Waals surface area (Å²) < 4.78 is 2.02. The summed E-state index contributed by atoms with van der Waals surface area (Å²) in [6.45, 7) is 4.54. The van der Waals surface area contributed by atoms with Crippen molar-refractivity contribution in [3.63, 3.8) is 0 Å². The third kappa shape index (κ3) is 5.34. The standard InChI is InChI=1S/C20H21ClN4OS/c1-14(17-9-6-10-18(21)11-17)22-19(26)13-27-20-24-23-15(2)25(20)12-16-7-4-3-5-8-16/h3-11,14H,12-13H2,1-2H3,(H,22,26)/t14-/m1/s1. The molecule has 7 heteroatoms. The van der Waals surface area contributed by atoms with E-state index in [2.05, 4.69) is 27.6 Å². The molecule has 3 rings (SSSR count). The molecule has 5 nitrogen and oxygen atoms in total. The average Bonchev–Trinajstić information content (AvgIpc) is 3.00. The van der Waals surface area contributed by atoms with Crippen LogP contribution in [0.5, 0.6) is 0 Å². The van der Waals surface area contributed by atoms with Gasteiger partial charge in [0.25, 0.3) is 0 Å². The summed E-state index contributed by atoms with van der Waals surface area (Å²) >= 11 is 7.40. The highest BCUT2D eigenvalue weighted by molar-refractivity contribution is 7.99. The molecule has 1 amide bonds. The van der Waals surface area contributed by atoms with E-state index in [1.54, 1.807) is 0 Å². The number of carbonyl (C=O) groups excluding carboxylic acids is 1. The Morgan fingerprint density at radius 1 is 1.19 bits per heavy atom. The fraction of sp³-hybridized carbons (Fsp3) is 0.250. The average molecular weight is 401 g/mol. The SMILES string of the molecule is Cc1nnc(SCC(=O)N[C@H](C)c2cccc(Cl)c2)n1Cc1ccccc1. The van der Waals surface area contributed by atoms with Crippen LogP contribution in [0.3, 0.4) is 0 Å². The van der Waals surface area contributed by atoms with Gasteiger partial charge in [0, 0.05) is 5.02 Å². The number of hydrogen-bond donors (Lipinski definition) is 1. The van der Waals surface area contributed by atoms with E-state index in [0.717, 1.165) is 16.5 Å². The largest absolute Gasteiger partial charge is 0.349 e. The maximum absolute atomic E-state index is 12.3. The van der Waals surface area contributed by atoms with Crippen molar-refractivity contribution in [1.82, 2.24) is 20.1 Å². The van der Waals surface area contributed by atoms with Gasteiger partial charge in [-0.1, -0.05) is 65.8 Å². The van der Waals surface area contributed by atoms with Crippen molar-refractivity contribution in [3.05, 3.63) is 76.6 Å². The van der Waals surface area contributed by atoms with E-state index in [0.29, 0.717) is 11.6 Å². The quantitative estimate of drug-likeness (QED) is 0.602. The van der Waals surface area contributed by atoms with E-state index in [1.807, 2.05) is 60.9 Å². The summed E-state index contributed by atoms with van der Waals surface area (Å²) in [4.78, 5) is 12.3. The van der Waals surface area contributed by atoms with Crippen LogP contribution in [0.25, 0.3) is 0 Å². The van der Waals surface area contributed by atoms with Crippen molar-refractivity contribution in [2.45, 2.75) is 31.6 Å². The summed E-state index contributed by atoms with van der Waals surface area (Å²) in [5.41, 5.74) is 2.14. The number of carbonyl (C=O) groups is 1. The molecular formula is C20H21ClN4OS. The molecule has 0 aliphatic carbocycles. The van der Waals surface area contributed by atoms with Crippen molar-refractivity contribution < 1.29 is 4.79 Å². The zero-order chi connectivity index (χ0) is 19.2. The zero-order valence-corrected chi connectivity index (χ0v) is 16.8. The predicted molar refractivity (Wildman–Crippen MR) is 109 cm³/mol. The molecule has 3 aromatic rings. The Morgan fingerprint density at radius 3 is 2.70 bits per heavy atom. The van der Waals surface area contributed by atoms with Crippen LogP contribution in [0.1, 0.15) is 29.9 Å². The lowest BCUT2D eigenvalue weighted by molar-refractivity contribution is -0.119. The van der Waals surface area contributed by atoms with Crippen molar-refractivity contribution in [1.29, 1.82) is 0 Å². The van der Waals surface area contributed by atoms with E-state index in [-0.39, 0.29) is 17.7 Å². The molecule has 0 spiro atoms. The third-order valence-corrected chi connectivity index (χ3v) is 5.35. The molecule has 140 valence electrons. The Balaban J connectivity index is 1.59. The van der Waals surface area contributed by atoms with Crippen LogP contribution in [0.2, 0.25) is 5.02 Å². The number of hydrogen-bond acceptors (Lipinski definition) is 4. The molecule has 1 aromatic heterocycles. The predicted octanol–water partition coefficient (Wildman–Crippen LogP) is 4.26. The van der Waals surface area contributed by atoms with E-state index in [9.17, 15) is 4.79 Å². The van der Waals surface area contributed by atoms with Crippen molar-refractivity contribution in [2.75, 3.05) is 5.75 Å². The summed E-state index contributed by atoms with van der Waals surface area (Å²) in [7, 11) is 0. The van der Waals surface area contributed by atoms with E-state index < -0.39 is 0 Å². The molecule has 1 atom stereocenters. The molecular weight excluding hydrogens is 380 g/mol. The first kappa shape index (κ1) is 19.5. The number of aromatic nitrogens is 3. The lowest BCUT2D eigenvalue weighted by Gasteiger charge is -2.14. The number of rotatable bonds is 7. The molecule has 0 saturated heterocycles. The summed E-state index contributed by atoms with van der Waals surface area (Å²) in [5, 5.41) is 12.8. The maximum atomic E-state index is 12.3. The Labute approximate surface area is 168 Å². The smallest absolute Gasteiger partial charge is 0.230 e. The molecule has 1 heterocycles. The van der Waals surface area contributed by atoms with Gasteiger partial charge in [-0.25, -0.2) is 0 Å². The van der Waals surface area contributed by atoms with Crippen LogP contribution < -0.4 is 5.32 Å². The number of thioether (sulfide) groups is 1. The van der Waals surface area contributed by atoms with E-state index in [4.69, 9.17) is 11.6 Å². The lowest BCUT2D eigenvalue weighted by Crippen LogP contribution is -2.28. The number of nitrogens with one attached hydrogen (secondary N) is 1. The number of nitrogens with zero attached hydrogens (tertiary/aromatic N) is 3. The van der Waals surface area contributed by atoms with Gasteiger partial charge >= 0.3 is 0 Å². The van der Waals surface area contributed by atoms with Gasteiger partial charge in [-0.05, 0) is 37.1 Å². The molecule has 0 bridgehead atoms. The van der Waals surface area contributed by atoms with Gasteiger partial charge in [0.2, 0.25) is 5.91 Å². The Bertz CT molecular complexity index is 913. The maximum Gasteiger partial charge on any atom is 0.230 e. The number of aryl methyl sites for hydroxylation is 1. The normalized spacial score (nSPS) is 12.0. The van der Waals surface area contributed by atoms with Gasteiger partial charge in [0.15, 0.2) is 5.16 Å². The van der Waals surface area contributed by atoms with Gasteiger partial charge < -0.3 is 9.88 Å². The highest BCUT2D eigenvalue weighted by Gasteiger charge is 2.14. The molecule has 27 heavy (non-hydrogen) atoms. The van der Waals surface area contributed by atoms with Crippen LogP contribution in [0.4, 0.5) is 0 Å². The van der Waals surface area contributed by atoms with Crippen LogP contribution in [0, 0.1) is 6.92 Å². The van der Waals surface area contributed by atoms with Gasteiger partial charge in [-0.3, -0.25) is 4.79 Å². The van der Waals surface area contributed by atoms with Gasteiger partial charge in [-0.2, -0.15) is 0 Å². The molecule has 0 fully saturated rings. The van der Waals surface area contributed by atoms with E-state index in [1.165, 1.54) is 17.3 Å². The first-order valence-corrected chi connectivity index (χ1v) is 10.0. The highest BCUT2D eigenvalue weighted by Crippen LogP contribution is 2.20. The Morgan fingerprint density at radius 2 is 1.96 bits per heavy atom. The second-order valence-electron chi connectivity index (χ2n) is 6.23. The Kier molecular flexibility index (Phi) is 6.53. The molecule has 0 saturated carbocycles. The van der Waals surface area contributed by atoms with Crippen molar-refractivity contribution in [3.8, 4) is 0 Å². The van der Waals surface area contributed by atoms with Crippen LogP contribution in [0.15, 0.2) is 59.8 Å². The van der Waals surface area contributed by atoms with Crippen LogP contribution in [-0.2, 0) is 11.3 Å². The monoisotopic (exact) mass is 400 g/mol. The number of benzene rings is 2. The molecule has 1 N–H and O–H groups in total. The van der Waals surface area contributed by atoms with Gasteiger partial charge in [0.05, 0.1) is 18.3 Å². The minimum atomic E-state index is -0.110. The van der Waals surface area contributed by atoms with Crippen LogP contribution >= 0.6 is 23.4 Å². The number of halogens is 1.